The maximum absolute atomic E-state index is 12.1. The van der Waals surface area contributed by atoms with Gasteiger partial charge in [0.25, 0.3) is 5.91 Å². The van der Waals surface area contributed by atoms with Gasteiger partial charge in [-0.15, -0.1) is 0 Å². The highest BCUT2D eigenvalue weighted by Crippen LogP contribution is 2.34. The smallest absolute Gasteiger partial charge is 0.253 e. The Morgan fingerprint density at radius 2 is 1.67 bits per heavy atom. The zero-order valence-corrected chi connectivity index (χ0v) is 10.1. The molecule has 0 saturated carbocycles. The van der Waals surface area contributed by atoms with Gasteiger partial charge in [0.2, 0.25) is 0 Å². The molecule has 3 rings (SSSR count). The average molecular weight is 238 g/mol. The molecule has 1 aliphatic heterocycles. The lowest BCUT2D eigenvalue weighted by Gasteiger charge is -2.30. The highest BCUT2D eigenvalue weighted by atomic mass is 16.2. The lowest BCUT2D eigenvalue weighted by Crippen LogP contribution is -2.50. The Morgan fingerprint density at radius 1 is 1.00 bits per heavy atom. The zero-order valence-electron chi connectivity index (χ0n) is 10.1. The van der Waals surface area contributed by atoms with Crippen molar-refractivity contribution in [2.45, 2.75) is 5.66 Å². The molecule has 1 amide bonds. The molecule has 2 aromatic carbocycles. The van der Waals surface area contributed by atoms with Crippen LogP contribution in [-0.2, 0) is 5.66 Å². The van der Waals surface area contributed by atoms with E-state index in [0.29, 0.717) is 0 Å². The molecule has 0 spiro atoms. The molecule has 2 N–H and O–H groups in total. The first kappa shape index (κ1) is 11.0. The van der Waals surface area contributed by atoms with Crippen molar-refractivity contribution in [3.63, 3.8) is 0 Å². The summed E-state index contributed by atoms with van der Waals surface area (Å²) in [6.45, 7) is 0. The van der Waals surface area contributed by atoms with Crippen LogP contribution in [0.2, 0.25) is 0 Å². The van der Waals surface area contributed by atoms with Gasteiger partial charge >= 0.3 is 0 Å². The predicted molar refractivity (Wildman–Crippen MR) is 70.2 cm³/mol. The number of rotatable bonds is 2. The summed E-state index contributed by atoms with van der Waals surface area (Å²) in [4.78, 5) is 12.1. The van der Waals surface area contributed by atoms with Gasteiger partial charge in [-0.1, -0.05) is 48.5 Å². The number of hydrogen-bond acceptors (Lipinski definition) is 2. The largest absolute Gasteiger partial charge is 0.326 e. The number of benzene rings is 2. The van der Waals surface area contributed by atoms with Gasteiger partial charge in [0, 0.05) is 11.1 Å². The molecule has 3 heteroatoms. The first-order chi connectivity index (χ1) is 8.78. The van der Waals surface area contributed by atoms with E-state index in [1.165, 1.54) is 0 Å². The first-order valence-electron chi connectivity index (χ1n) is 5.94. The number of amides is 1. The van der Waals surface area contributed by atoms with Gasteiger partial charge in [-0.05, 0) is 18.7 Å². The van der Waals surface area contributed by atoms with E-state index in [9.17, 15) is 4.79 Å². The third-order valence-electron chi connectivity index (χ3n) is 3.46. The molecule has 0 fully saturated rings. The molecule has 0 aromatic heterocycles. The van der Waals surface area contributed by atoms with Gasteiger partial charge in [-0.2, -0.15) is 0 Å². The summed E-state index contributed by atoms with van der Waals surface area (Å²) in [6, 6.07) is 17.6. The second-order valence-corrected chi connectivity index (χ2v) is 4.37. The average Bonchev–Trinajstić information content (AvgIpc) is 2.74. The summed E-state index contributed by atoms with van der Waals surface area (Å²) < 4.78 is 0. The molecular formula is C15H14N2O. The molecular weight excluding hydrogens is 224 g/mol. The summed E-state index contributed by atoms with van der Waals surface area (Å²) in [5.74, 6) is -0.0381. The Kier molecular flexibility index (Phi) is 2.42. The van der Waals surface area contributed by atoms with Crippen molar-refractivity contribution in [1.82, 2.24) is 10.6 Å². The van der Waals surface area contributed by atoms with E-state index in [1.54, 1.807) is 0 Å². The normalized spacial score (nSPS) is 21.5. The van der Waals surface area contributed by atoms with E-state index in [-0.39, 0.29) is 5.91 Å². The molecule has 2 aromatic rings. The van der Waals surface area contributed by atoms with Gasteiger partial charge in [-0.3, -0.25) is 10.1 Å². The van der Waals surface area contributed by atoms with E-state index in [1.807, 2.05) is 61.6 Å². The zero-order chi connectivity index (χ0) is 12.6. The fourth-order valence-corrected chi connectivity index (χ4v) is 2.57. The van der Waals surface area contributed by atoms with E-state index < -0.39 is 5.66 Å². The van der Waals surface area contributed by atoms with Crippen molar-refractivity contribution < 1.29 is 4.79 Å². The molecule has 0 aliphatic carbocycles. The third kappa shape index (κ3) is 1.38. The van der Waals surface area contributed by atoms with Crippen molar-refractivity contribution in [3.05, 3.63) is 71.3 Å². The summed E-state index contributed by atoms with van der Waals surface area (Å²) in [5, 5.41) is 6.30. The number of fused-ring (bicyclic) bond motifs is 1. The van der Waals surface area contributed by atoms with Crippen LogP contribution in [0.3, 0.4) is 0 Å². The summed E-state index contributed by atoms with van der Waals surface area (Å²) >= 11 is 0. The Bertz CT molecular complexity index is 594. The summed E-state index contributed by atoms with van der Waals surface area (Å²) in [6.07, 6.45) is 0. The summed E-state index contributed by atoms with van der Waals surface area (Å²) in [7, 11) is 1.86. The lowest BCUT2D eigenvalue weighted by atomic mass is 9.91. The van der Waals surface area contributed by atoms with Crippen LogP contribution >= 0.6 is 0 Å². The minimum Gasteiger partial charge on any atom is -0.326 e. The molecule has 18 heavy (non-hydrogen) atoms. The molecule has 1 heterocycles. The SMILES string of the molecule is CNC1(c2ccccc2)NC(=O)c2ccccc21. The molecule has 3 nitrogen and oxygen atoms in total. The predicted octanol–water partition coefficient (Wildman–Crippen LogP) is 1.85. The van der Waals surface area contributed by atoms with Crippen LogP contribution in [0.1, 0.15) is 21.5 Å². The maximum Gasteiger partial charge on any atom is 0.253 e. The Balaban J connectivity index is 2.24. The topological polar surface area (TPSA) is 41.1 Å². The van der Waals surface area contributed by atoms with Gasteiger partial charge in [0.1, 0.15) is 5.66 Å². The van der Waals surface area contributed by atoms with Gasteiger partial charge in [0.05, 0.1) is 0 Å². The van der Waals surface area contributed by atoms with Gasteiger partial charge < -0.3 is 5.32 Å². The van der Waals surface area contributed by atoms with E-state index >= 15 is 0 Å². The minimum atomic E-state index is -0.616. The van der Waals surface area contributed by atoms with Crippen molar-refractivity contribution in [3.8, 4) is 0 Å². The van der Waals surface area contributed by atoms with E-state index in [0.717, 1.165) is 16.7 Å². The third-order valence-corrected chi connectivity index (χ3v) is 3.46. The monoisotopic (exact) mass is 238 g/mol. The van der Waals surface area contributed by atoms with Gasteiger partial charge in [-0.25, -0.2) is 0 Å². The number of carbonyl (C=O) groups is 1. The first-order valence-corrected chi connectivity index (χ1v) is 5.94. The van der Waals surface area contributed by atoms with Gasteiger partial charge in [0.15, 0.2) is 0 Å². The molecule has 1 atom stereocenters. The van der Waals surface area contributed by atoms with E-state index in [4.69, 9.17) is 0 Å². The Hall–Kier alpha value is -2.13. The molecule has 1 aliphatic rings. The number of hydrogen-bond donors (Lipinski definition) is 2. The quantitative estimate of drug-likeness (QED) is 0.838. The highest BCUT2D eigenvalue weighted by molar-refractivity contribution is 6.00. The number of nitrogens with one attached hydrogen (secondary N) is 2. The molecule has 0 radical (unpaired) electrons. The maximum atomic E-state index is 12.1. The van der Waals surface area contributed by atoms with Crippen molar-refractivity contribution in [2.24, 2.45) is 0 Å². The standard InChI is InChI=1S/C15H14N2O/c1-16-15(11-7-3-2-4-8-11)13-10-6-5-9-12(13)14(18)17-15/h2-10,16H,1H3,(H,17,18). The lowest BCUT2D eigenvalue weighted by molar-refractivity contribution is 0.0933. The molecule has 0 saturated heterocycles. The second-order valence-electron chi connectivity index (χ2n) is 4.37. The van der Waals surface area contributed by atoms with Crippen LogP contribution in [0.15, 0.2) is 54.6 Å². The van der Waals surface area contributed by atoms with Crippen molar-refractivity contribution >= 4 is 5.91 Å². The molecule has 0 bridgehead atoms. The fourth-order valence-electron chi connectivity index (χ4n) is 2.57. The second kappa shape index (κ2) is 3.96. The Labute approximate surface area is 106 Å². The Morgan fingerprint density at radius 3 is 2.39 bits per heavy atom. The van der Waals surface area contributed by atoms with Crippen LogP contribution in [0.25, 0.3) is 0 Å². The number of carbonyl (C=O) groups excluding carboxylic acids is 1. The van der Waals surface area contributed by atoms with Crippen LogP contribution in [0.4, 0.5) is 0 Å². The van der Waals surface area contributed by atoms with Crippen LogP contribution in [0.5, 0.6) is 0 Å². The fraction of sp³-hybridized carbons (Fsp3) is 0.133. The minimum absolute atomic E-state index is 0.0381. The van der Waals surface area contributed by atoms with Crippen LogP contribution in [0, 0.1) is 0 Å². The van der Waals surface area contributed by atoms with Crippen molar-refractivity contribution in [1.29, 1.82) is 0 Å². The van der Waals surface area contributed by atoms with Crippen molar-refractivity contribution in [2.75, 3.05) is 7.05 Å². The van der Waals surface area contributed by atoms with Crippen LogP contribution in [-0.4, -0.2) is 13.0 Å². The molecule has 1 unspecified atom stereocenters. The summed E-state index contributed by atoms with van der Waals surface area (Å²) in [5.41, 5.74) is 2.12. The van der Waals surface area contributed by atoms with Crippen LogP contribution < -0.4 is 10.6 Å². The van der Waals surface area contributed by atoms with E-state index in [2.05, 4.69) is 10.6 Å². The molecule has 90 valence electrons. The highest BCUT2D eigenvalue weighted by Gasteiger charge is 2.42.